The zero-order valence-electron chi connectivity index (χ0n) is 26.2. The molecule has 1 fully saturated rings. The number of esters is 2. The van der Waals surface area contributed by atoms with Crippen molar-refractivity contribution in [1.82, 2.24) is 5.32 Å². The minimum absolute atomic E-state index is 0.0753. The lowest BCUT2D eigenvalue weighted by Gasteiger charge is -2.30. The van der Waals surface area contributed by atoms with Gasteiger partial charge >= 0.3 is 11.9 Å². The molecule has 0 spiro atoms. The minimum atomic E-state index is -0.907. The number of ether oxygens (including phenoxy) is 5. The van der Waals surface area contributed by atoms with Crippen molar-refractivity contribution in [1.29, 1.82) is 0 Å². The highest BCUT2D eigenvalue weighted by molar-refractivity contribution is 5.99. The third kappa shape index (κ3) is 9.39. The largest absolute Gasteiger partial charge is 0.493 e. The Balaban J connectivity index is 1.26. The first-order chi connectivity index (χ1) is 21.8. The second-order valence-electron chi connectivity index (χ2n) is 11.2. The highest BCUT2D eigenvalue weighted by Gasteiger charge is 2.38. The molecule has 1 atom stereocenters. The van der Waals surface area contributed by atoms with E-state index >= 15 is 0 Å². The quantitative estimate of drug-likeness (QED) is 0.0843. The summed E-state index contributed by atoms with van der Waals surface area (Å²) in [6, 6.07) is 13.6. The molecule has 0 radical (unpaired) electrons. The number of nitrogens with one attached hydrogen (secondary N) is 1. The standard InChI is InChI=1S/C34H42N2O9/c1-23-30(33(37)41-3)32(26-9-7-10-27(21-26)36(39)40)31(24(2)35-23)34(38)44-19-8-18-43-29-15-13-25(14-16-29)17-20-42-22-45-28-11-5-4-6-12-28/h7,9-10,13-16,21,28,32,35H,4-6,8,11-12,17-20,22H2,1-3H3. The predicted octanol–water partition coefficient (Wildman–Crippen LogP) is 5.88. The van der Waals surface area contributed by atoms with Gasteiger partial charge in [-0.3, -0.25) is 10.1 Å². The van der Waals surface area contributed by atoms with Crippen molar-refractivity contribution in [2.24, 2.45) is 0 Å². The molecule has 11 heteroatoms. The highest BCUT2D eigenvalue weighted by atomic mass is 16.7. The molecule has 1 aliphatic heterocycles. The van der Waals surface area contributed by atoms with Crippen molar-refractivity contribution in [2.45, 2.75) is 70.8 Å². The number of nitrogens with zero attached hydrogens (tertiary/aromatic N) is 1. The van der Waals surface area contributed by atoms with Crippen LogP contribution in [-0.4, -0.2) is 56.7 Å². The van der Waals surface area contributed by atoms with E-state index in [-0.39, 0.29) is 23.4 Å². The van der Waals surface area contributed by atoms with Crippen molar-refractivity contribution in [3.8, 4) is 5.75 Å². The Morgan fingerprint density at radius 3 is 2.33 bits per heavy atom. The average molecular weight is 623 g/mol. The van der Waals surface area contributed by atoms with E-state index < -0.39 is 22.8 Å². The molecule has 1 heterocycles. The molecule has 1 saturated carbocycles. The fourth-order valence-corrected chi connectivity index (χ4v) is 5.67. The first-order valence-corrected chi connectivity index (χ1v) is 15.4. The lowest BCUT2D eigenvalue weighted by atomic mass is 9.80. The number of non-ortho nitro benzene ring substituents is 1. The Kier molecular flexibility index (Phi) is 12.5. The molecule has 0 aromatic heterocycles. The fourth-order valence-electron chi connectivity index (χ4n) is 5.67. The van der Waals surface area contributed by atoms with Gasteiger partial charge < -0.3 is 29.0 Å². The van der Waals surface area contributed by atoms with E-state index in [4.69, 9.17) is 23.7 Å². The molecule has 242 valence electrons. The van der Waals surface area contributed by atoms with Crippen LogP contribution in [0.5, 0.6) is 5.75 Å². The summed E-state index contributed by atoms with van der Waals surface area (Å²) in [5, 5.41) is 14.5. The van der Waals surface area contributed by atoms with E-state index in [1.54, 1.807) is 19.9 Å². The van der Waals surface area contributed by atoms with Gasteiger partial charge in [0.1, 0.15) is 12.5 Å². The van der Waals surface area contributed by atoms with Gasteiger partial charge in [-0.1, -0.05) is 43.5 Å². The van der Waals surface area contributed by atoms with Crippen molar-refractivity contribution in [2.75, 3.05) is 33.7 Å². The molecule has 0 saturated heterocycles. The minimum Gasteiger partial charge on any atom is -0.493 e. The molecule has 1 aliphatic carbocycles. The number of benzene rings is 2. The lowest BCUT2D eigenvalue weighted by molar-refractivity contribution is -0.384. The second kappa shape index (κ2) is 16.7. The smallest absolute Gasteiger partial charge is 0.336 e. The summed E-state index contributed by atoms with van der Waals surface area (Å²) in [5.74, 6) is -1.49. The Morgan fingerprint density at radius 1 is 0.933 bits per heavy atom. The van der Waals surface area contributed by atoms with Gasteiger partial charge in [0.2, 0.25) is 0 Å². The van der Waals surface area contributed by atoms with Gasteiger partial charge in [-0.05, 0) is 56.4 Å². The summed E-state index contributed by atoms with van der Waals surface area (Å²) in [6.45, 7) is 4.71. The van der Waals surface area contributed by atoms with E-state index in [9.17, 15) is 19.7 Å². The summed E-state index contributed by atoms with van der Waals surface area (Å²) < 4.78 is 27.9. The molecule has 2 aliphatic rings. The third-order valence-corrected chi connectivity index (χ3v) is 7.99. The predicted molar refractivity (Wildman–Crippen MR) is 166 cm³/mol. The summed E-state index contributed by atoms with van der Waals surface area (Å²) >= 11 is 0. The van der Waals surface area contributed by atoms with Crippen LogP contribution in [-0.2, 0) is 35.0 Å². The van der Waals surface area contributed by atoms with Crippen LogP contribution in [0.3, 0.4) is 0 Å². The van der Waals surface area contributed by atoms with Crippen LogP contribution in [0.2, 0.25) is 0 Å². The maximum Gasteiger partial charge on any atom is 0.336 e. The van der Waals surface area contributed by atoms with Gasteiger partial charge in [-0.25, -0.2) is 9.59 Å². The van der Waals surface area contributed by atoms with E-state index in [1.165, 1.54) is 44.6 Å². The second-order valence-corrected chi connectivity index (χ2v) is 11.2. The normalized spacial score (nSPS) is 17.1. The van der Waals surface area contributed by atoms with Gasteiger partial charge in [-0.15, -0.1) is 0 Å². The van der Waals surface area contributed by atoms with Crippen molar-refractivity contribution >= 4 is 17.6 Å². The molecule has 45 heavy (non-hydrogen) atoms. The molecule has 0 bridgehead atoms. The van der Waals surface area contributed by atoms with Gasteiger partial charge in [0, 0.05) is 29.9 Å². The molecular formula is C34H42N2O9. The Bertz CT molecular complexity index is 1390. The first kappa shape index (κ1) is 33.7. The summed E-state index contributed by atoms with van der Waals surface area (Å²) in [4.78, 5) is 37.1. The van der Waals surface area contributed by atoms with Crippen LogP contribution in [0.15, 0.2) is 71.1 Å². The van der Waals surface area contributed by atoms with E-state index in [1.807, 2.05) is 24.3 Å². The Labute approximate surface area is 263 Å². The first-order valence-electron chi connectivity index (χ1n) is 15.4. The van der Waals surface area contributed by atoms with E-state index in [0.717, 1.165) is 24.8 Å². The zero-order valence-corrected chi connectivity index (χ0v) is 26.2. The maximum absolute atomic E-state index is 13.4. The molecule has 11 nitrogen and oxygen atoms in total. The van der Waals surface area contributed by atoms with Crippen LogP contribution in [0.4, 0.5) is 5.69 Å². The lowest BCUT2D eigenvalue weighted by Crippen LogP contribution is -2.32. The number of hydrogen-bond acceptors (Lipinski definition) is 10. The number of allylic oxidation sites excluding steroid dienone is 2. The SMILES string of the molecule is COC(=O)C1=C(C)NC(C)=C(C(=O)OCCCOc2ccc(CCOCOC3CCCCC3)cc2)C1c1cccc([N+](=O)[O-])c1. The molecule has 2 aromatic rings. The number of carbonyl (C=O) groups is 2. The van der Waals surface area contributed by atoms with Gasteiger partial charge in [-0.2, -0.15) is 0 Å². The number of rotatable bonds is 15. The van der Waals surface area contributed by atoms with Gasteiger partial charge in [0.15, 0.2) is 0 Å². The number of carbonyl (C=O) groups excluding carboxylic acids is 2. The van der Waals surface area contributed by atoms with Crippen LogP contribution >= 0.6 is 0 Å². The zero-order chi connectivity index (χ0) is 32.2. The highest BCUT2D eigenvalue weighted by Crippen LogP contribution is 2.40. The van der Waals surface area contributed by atoms with Crippen LogP contribution < -0.4 is 10.1 Å². The Hall–Kier alpha value is -4.22. The molecular weight excluding hydrogens is 580 g/mol. The summed E-state index contributed by atoms with van der Waals surface area (Å²) in [5.41, 5.74) is 2.72. The Morgan fingerprint density at radius 2 is 1.64 bits per heavy atom. The fraction of sp³-hybridized carbons (Fsp3) is 0.471. The van der Waals surface area contributed by atoms with E-state index in [0.29, 0.717) is 55.2 Å². The molecule has 4 rings (SSSR count). The van der Waals surface area contributed by atoms with Gasteiger partial charge in [0.05, 0.1) is 55.0 Å². The number of hydrogen-bond donors (Lipinski definition) is 1. The maximum atomic E-state index is 13.4. The molecule has 1 N–H and O–H groups in total. The molecule has 2 aromatic carbocycles. The number of nitro groups is 1. The average Bonchev–Trinajstić information content (AvgIpc) is 3.04. The topological polar surface area (TPSA) is 135 Å². The molecule has 1 unspecified atom stereocenters. The van der Waals surface area contributed by atoms with Crippen molar-refractivity contribution in [3.63, 3.8) is 0 Å². The van der Waals surface area contributed by atoms with Crippen LogP contribution in [0.1, 0.15) is 69.4 Å². The number of nitro benzene ring substituents is 1. The molecule has 0 amide bonds. The number of methoxy groups -OCH3 is 1. The summed E-state index contributed by atoms with van der Waals surface area (Å²) in [7, 11) is 1.24. The van der Waals surface area contributed by atoms with Crippen molar-refractivity contribution in [3.05, 3.63) is 92.3 Å². The van der Waals surface area contributed by atoms with Crippen molar-refractivity contribution < 1.29 is 38.2 Å². The van der Waals surface area contributed by atoms with Crippen LogP contribution in [0.25, 0.3) is 0 Å². The third-order valence-electron chi connectivity index (χ3n) is 7.99. The number of dihydropyridines is 1. The van der Waals surface area contributed by atoms with Crippen LogP contribution in [0, 0.1) is 10.1 Å². The van der Waals surface area contributed by atoms with Gasteiger partial charge in [0.25, 0.3) is 5.69 Å². The van der Waals surface area contributed by atoms with E-state index in [2.05, 4.69) is 5.32 Å². The monoisotopic (exact) mass is 622 g/mol. The summed E-state index contributed by atoms with van der Waals surface area (Å²) in [6.07, 6.45) is 7.57.